The summed E-state index contributed by atoms with van der Waals surface area (Å²) >= 11 is 5.59. The number of pyridine rings is 1. The fourth-order valence-corrected chi connectivity index (χ4v) is 1.75. The Kier molecular flexibility index (Phi) is 3.94. The minimum absolute atomic E-state index is 0.407. The number of hydrogen-bond donors (Lipinski definition) is 1. The van der Waals surface area contributed by atoms with Crippen molar-refractivity contribution in [3.63, 3.8) is 0 Å². The van der Waals surface area contributed by atoms with Crippen LogP contribution in [0.4, 0.5) is 0 Å². The lowest BCUT2D eigenvalue weighted by molar-refractivity contribution is 0.636. The summed E-state index contributed by atoms with van der Waals surface area (Å²) in [7, 11) is 0. The summed E-state index contributed by atoms with van der Waals surface area (Å²) in [5.74, 6) is 0.466. The summed E-state index contributed by atoms with van der Waals surface area (Å²) < 4.78 is 1.45. The molecule has 0 radical (unpaired) electrons. The van der Waals surface area contributed by atoms with Crippen LogP contribution in [-0.2, 0) is 6.54 Å². The van der Waals surface area contributed by atoms with Crippen molar-refractivity contribution in [2.45, 2.75) is 13.0 Å². The molecule has 18 heavy (non-hydrogen) atoms. The van der Waals surface area contributed by atoms with Gasteiger partial charge >= 0.3 is 5.69 Å². The Bertz CT molecular complexity index is 634. The average Bonchev–Trinajstić information content (AvgIpc) is 2.39. The molecule has 5 nitrogen and oxygen atoms in total. The van der Waals surface area contributed by atoms with Crippen molar-refractivity contribution in [3.8, 4) is 11.1 Å². The van der Waals surface area contributed by atoms with Gasteiger partial charge in [0.15, 0.2) is 0 Å². The highest BCUT2D eigenvalue weighted by Gasteiger charge is 2.06. The number of aromatic amines is 1. The van der Waals surface area contributed by atoms with Gasteiger partial charge in [-0.3, -0.25) is 19.3 Å². The summed E-state index contributed by atoms with van der Waals surface area (Å²) in [5.41, 5.74) is 0.281. The topological polar surface area (TPSA) is 67.8 Å². The van der Waals surface area contributed by atoms with Crippen LogP contribution in [0.2, 0.25) is 0 Å². The van der Waals surface area contributed by atoms with Gasteiger partial charge in [0.05, 0.1) is 5.56 Å². The molecule has 0 aliphatic rings. The third-order valence-electron chi connectivity index (χ3n) is 2.52. The van der Waals surface area contributed by atoms with Gasteiger partial charge in [-0.25, -0.2) is 4.79 Å². The van der Waals surface area contributed by atoms with Crippen LogP contribution in [-0.4, -0.2) is 20.4 Å². The number of hydrogen-bond acceptors (Lipinski definition) is 3. The van der Waals surface area contributed by atoms with Crippen molar-refractivity contribution in [1.29, 1.82) is 0 Å². The highest BCUT2D eigenvalue weighted by Crippen LogP contribution is 2.11. The number of nitrogens with zero attached hydrogens (tertiary/aromatic N) is 2. The van der Waals surface area contributed by atoms with Crippen molar-refractivity contribution in [3.05, 3.63) is 51.6 Å². The minimum atomic E-state index is -0.419. The fourth-order valence-electron chi connectivity index (χ4n) is 1.63. The maximum atomic E-state index is 11.7. The number of rotatable bonds is 4. The number of halogens is 1. The predicted octanol–water partition coefficient (Wildman–Crippen LogP) is 1.23. The van der Waals surface area contributed by atoms with Crippen molar-refractivity contribution in [1.82, 2.24) is 14.5 Å². The summed E-state index contributed by atoms with van der Waals surface area (Å²) in [5, 5.41) is 0. The number of aromatic nitrogens is 3. The van der Waals surface area contributed by atoms with Crippen LogP contribution in [0.5, 0.6) is 0 Å². The quantitative estimate of drug-likeness (QED) is 0.846. The van der Waals surface area contributed by atoms with Crippen molar-refractivity contribution < 1.29 is 0 Å². The molecule has 0 fully saturated rings. The van der Waals surface area contributed by atoms with E-state index in [1.807, 2.05) is 0 Å². The molecule has 1 N–H and O–H groups in total. The van der Waals surface area contributed by atoms with Crippen LogP contribution in [0.1, 0.15) is 6.42 Å². The first-order valence-electron chi connectivity index (χ1n) is 5.52. The largest absolute Gasteiger partial charge is 0.328 e. The highest BCUT2D eigenvalue weighted by molar-refractivity contribution is 6.17. The minimum Gasteiger partial charge on any atom is -0.300 e. The summed E-state index contributed by atoms with van der Waals surface area (Å²) in [6, 6.07) is 3.51. The highest BCUT2D eigenvalue weighted by atomic mass is 35.5. The lowest BCUT2D eigenvalue weighted by atomic mass is 10.1. The van der Waals surface area contributed by atoms with Gasteiger partial charge in [-0.05, 0) is 12.5 Å². The van der Waals surface area contributed by atoms with Crippen molar-refractivity contribution in [2.75, 3.05) is 5.88 Å². The van der Waals surface area contributed by atoms with Gasteiger partial charge in [-0.1, -0.05) is 6.07 Å². The number of alkyl halides is 1. The zero-order valence-corrected chi connectivity index (χ0v) is 10.4. The molecule has 2 aromatic heterocycles. The van der Waals surface area contributed by atoms with Crippen LogP contribution in [0.25, 0.3) is 11.1 Å². The SMILES string of the molecule is O=c1[nH]c(=O)n(CCCCl)cc1-c1cccnc1. The van der Waals surface area contributed by atoms with Crippen LogP contribution >= 0.6 is 11.6 Å². The molecular formula is C12H12ClN3O2. The molecule has 0 saturated heterocycles. The molecule has 0 unspecified atom stereocenters. The smallest absolute Gasteiger partial charge is 0.300 e. The van der Waals surface area contributed by atoms with Crippen LogP contribution in [0, 0.1) is 0 Å². The van der Waals surface area contributed by atoms with Gasteiger partial charge < -0.3 is 0 Å². The van der Waals surface area contributed by atoms with E-state index < -0.39 is 11.2 Å². The van der Waals surface area contributed by atoms with Gasteiger partial charge in [0.25, 0.3) is 5.56 Å². The van der Waals surface area contributed by atoms with E-state index in [-0.39, 0.29) is 0 Å². The first-order chi connectivity index (χ1) is 8.72. The van der Waals surface area contributed by atoms with E-state index in [1.54, 1.807) is 30.7 Å². The summed E-state index contributed by atoms with van der Waals surface area (Å²) in [4.78, 5) is 29.6. The van der Waals surface area contributed by atoms with Gasteiger partial charge in [0, 0.05) is 36.6 Å². The Morgan fingerprint density at radius 2 is 2.22 bits per heavy atom. The molecule has 0 aromatic carbocycles. The van der Waals surface area contributed by atoms with E-state index in [0.717, 1.165) is 0 Å². The van der Waals surface area contributed by atoms with E-state index in [2.05, 4.69) is 9.97 Å². The maximum absolute atomic E-state index is 11.7. The summed E-state index contributed by atoms with van der Waals surface area (Å²) in [6.07, 6.45) is 5.42. The van der Waals surface area contributed by atoms with E-state index >= 15 is 0 Å². The molecule has 94 valence electrons. The van der Waals surface area contributed by atoms with E-state index in [9.17, 15) is 9.59 Å². The Hall–Kier alpha value is -1.88. The molecule has 0 bridgehead atoms. The molecule has 2 rings (SSSR count). The molecular weight excluding hydrogens is 254 g/mol. The average molecular weight is 266 g/mol. The van der Waals surface area contributed by atoms with E-state index in [0.29, 0.717) is 30.0 Å². The van der Waals surface area contributed by atoms with Crippen LogP contribution in [0.3, 0.4) is 0 Å². The third kappa shape index (κ3) is 2.68. The van der Waals surface area contributed by atoms with Gasteiger partial charge in [0.1, 0.15) is 0 Å². The molecule has 0 amide bonds. The number of nitrogens with one attached hydrogen (secondary N) is 1. The molecule has 0 atom stereocenters. The van der Waals surface area contributed by atoms with Gasteiger partial charge in [-0.2, -0.15) is 0 Å². The first-order valence-corrected chi connectivity index (χ1v) is 6.06. The second-order valence-electron chi connectivity index (χ2n) is 3.78. The fraction of sp³-hybridized carbons (Fsp3) is 0.250. The molecule has 0 aliphatic heterocycles. The monoisotopic (exact) mass is 265 g/mol. The van der Waals surface area contributed by atoms with Gasteiger partial charge in [0.2, 0.25) is 0 Å². The third-order valence-corrected chi connectivity index (χ3v) is 2.78. The molecule has 0 aliphatic carbocycles. The van der Waals surface area contributed by atoms with Crippen LogP contribution < -0.4 is 11.2 Å². The molecule has 0 saturated carbocycles. The van der Waals surface area contributed by atoms with E-state index in [4.69, 9.17) is 11.6 Å². The van der Waals surface area contributed by atoms with Crippen LogP contribution in [0.15, 0.2) is 40.3 Å². The normalized spacial score (nSPS) is 10.5. The maximum Gasteiger partial charge on any atom is 0.328 e. The Morgan fingerprint density at radius 3 is 2.89 bits per heavy atom. The summed E-state index contributed by atoms with van der Waals surface area (Å²) in [6.45, 7) is 0.479. The van der Waals surface area contributed by atoms with Crippen molar-refractivity contribution >= 4 is 11.6 Å². The Morgan fingerprint density at radius 1 is 1.39 bits per heavy atom. The zero-order chi connectivity index (χ0) is 13.0. The first kappa shape index (κ1) is 12.6. The lowest BCUT2D eigenvalue weighted by Crippen LogP contribution is -2.30. The second kappa shape index (κ2) is 5.64. The predicted molar refractivity (Wildman–Crippen MR) is 69.9 cm³/mol. The zero-order valence-electron chi connectivity index (χ0n) is 9.60. The number of aryl methyl sites for hydroxylation is 1. The molecule has 0 spiro atoms. The Labute approximate surface area is 108 Å². The van der Waals surface area contributed by atoms with E-state index in [1.165, 1.54) is 4.57 Å². The molecule has 2 aromatic rings. The second-order valence-corrected chi connectivity index (χ2v) is 4.16. The molecule has 6 heteroatoms. The molecule has 2 heterocycles. The van der Waals surface area contributed by atoms with Crippen molar-refractivity contribution in [2.24, 2.45) is 0 Å². The van der Waals surface area contributed by atoms with Gasteiger partial charge in [-0.15, -0.1) is 11.6 Å². The lowest BCUT2D eigenvalue weighted by Gasteiger charge is -2.06. The standard InChI is InChI=1S/C12H12ClN3O2/c13-4-2-6-16-8-10(11(17)15-12(16)18)9-3-1-5-14-7-9/h1,3,5,7-8H,2,4,6H2,(H,15,17,18). The number of H-pyrrole nitrogens is 1. The Balaban J connectivity index is 2.49.